The Morgan fingerprint density at radius 3 is 3.17 bits per heavy atom. The van der Waals surface area contributed by atoms with Crippen molar-refractivity contribution < 1.29 is 9.90 Å². The van der Waals surface area contributed by atoms with Gasteiger partial charge in [-0.25, -0.2) is 0 Å². The summed E-state index contributed by atoms with van der Waals surface area (Å²) >= 11 is 0. The Hall–Kier alpha value is -1.92. The molecule has 0 radical (unpaired) electrons. The maximum atomic E-state index is 11.9. The number of nitrogens with one attached hydrogen (secondary N) is 3. The maximum Gasteiger partial charge on any atom is 0.241 e. The lowest BCUT2D eigenvalue weighted by molar-refractivity contribution is -0.117. The highest BCUT2D eigenvalue weighted by molar-refractivity contribution is 5.96. The van der Waals surface area contributed by atoms with Crippen LogP contribution in [0.25, 0.3) is 10.9 Å². The summed E-state index contributed by atoms with van der Waals surface area (Å²) < 4.78 is 0. The molecule has 0 bridgehead atoms. The van der Waals surface area contributed by atoms with Crippen LogP contribution in [0.2, 0.25) is 0 Å². The molecule has 0 saturated carbocycles. The van der Waals surface area contributed by atoms with Crippen molar-refractivity contribution in [3.63, 3.8) is 0 Å². The van der Waals surface area contributed by atoms with Crippen molar-refractivity contribution in [2.24, 2.45) is 0 Å². The lowest BCUT2D eigenvalue weighted by Gasteiger charge is -2.10. The average molecular weight is 246 g/mol. The number of aromatic nitrogens is 2. The first-order valence-electron chi connectivity index (χ1n) is 5.88. The Kier molecular flexibility index (Phi) is 2.73. The third-order valence-electron chi connectivity index (χ3n) is 3.13. The zero-order chi connectivity index (χ0) is 12.5. The van der Waals surface area contributed by atoms with Gasteiger partial charge in [-0.15, -0.1) is 0 Å². The molecule has 6 nitrogen and oxygen atoms in total. The Morgan fingerprint density at radius 1 is 1.50 bits per heavy atom. The van der Waals surface area contributed by atoms with Crippen molar-refractivity contribution in [1.29, 1.82) is 0 Å². The summed E-state index contributed by atoms with van der Waals surface area (Å²) in [6.45, 7) is 0.470. The molecule has 0 spiro atoms. The minimum atomic E-state index is -0.434. The number of benzene rings is 1. The van der Waals surface area contributed by atoms with Gasteiger partial charge < -0.3 is 15.7 Å². The number of H-pyrrole nitrogens is 1. The van der Waals surface area contributed by atoms with Crippen LogP contribution in [0, 0.1) is 0 Å². The van der Waals surface area contributed by atoms with E-state index in [0.717, 1.165) is 16.6 Å². The molecule has 1 aromatic heterocycles. The smallest absolute Gasteiger partial charge is 0.241 e. The van der Waals surface area contributed by atoms with E-state index in [2.05, 4.69) is 20.8 Å². The SMILES string of the molecule is O=C(Nc1ccc2cn[nH]c2c1)C1CC(O)CN1. The lowest BCUT2D eigenvalue weighted by Crippen LogP contribution is -2.35. The van der Waals surface area contributed by atoms with E-state index in [0.29, 0.717) is 13.0 Å². The monoisotopic (exact) mass is 246 g/mol. The number of nitrogens with zero attached hydrogens (tertiary/aromatic N) is 1. The molecule has 2 atom stereocenters. The Morgan fingerprint density at radius 2 is 2.39 bits per heavy atom. The number of aliphatic hydroxyl groups is 1. The average Bonchev–Trinajstić information content (AvgIpc) is 2.96. The number of aromatic amines is 1. The number of β-amino-alcohol motifs (C(OH)–C–C–N with tert-alkyl or cyclic N) is 1. The first-order chi connectivity index (χ1) is 8.72. The van der Waals surface area contributed by atoms with E-state index in [1.54, 1.807) is 6.20 Å². The molecular formula is C12H14N4O2. The van der Waals surface area contributed by atoms with Crippen LogP contribution in [0.5, 0.6) is 0 Å². The first kappa shape index (κ1) is 11.2. The van der Waals surface area contributed by atoms with E-state index < -0.39 is 6.10 Å². The number of fused-ring (bicyclic) bond motifs is 1. The fraction of sp³-hybridized carbons (Fsp3) is 0.333. The van der Waals surface area contributed by atoms with E-state index in [9.17, 15) is 9.90 Å². The van der Waals surface area contributed by atoms with Crippen molar-refractivity contribution in [3.8, 4) is 0 Å². The molecule has 2 heterocycles. The zero-order valence-corrected chi connectivity index (χ0v) is 9.68. The molecule has 1 aliphatic rings. The summed E-state index contributed by atoms with van der Waals surface area (Å²) in [4.78, 5) is 11.9. The third kappa shape index (κ3) is 2.07. The third-order valence-corrected chi connectivity index (χ3v) is 3.13. The molecule has 1 aliphatic heterocycles. The number of carbonyl (C=O) groups excluding carboxylic acids is 1. The van der Waals surface area contributed by atoms with Gasteiger partial charge in [0, 0.05) is 17.6 Å². The van der Waals surface area contributed by atoms with Gasteiger partial charge in [0.05, 0.1) is 23.9 Å². The summed E-state index contributed by atoms with van der Waals surface area (Å²) in [5.74, 6) is -0.120. The second-order valence-electron chi connectivity index (χ2n) is 4.51. The van der Waals surface area contributed by atoms with Crippen LogP contribution in [0.15, 0.2) is 24.4 Å². The predicted molar refractivity (Wildman–Crippen MR) is 67.1 cm³/mol. The molecule has 6 heteroatoms. The minimum Gasteiger partial charge on any atom is -0.392 e. The number of amides is 1. The fourth-order valence-electron chi connectivity index (χ4n) is 2.16. The summed E-state index contributed by atoms with van der Waals surface area (Å²) in [5.41, 5.74) is 1.60. The van der Waals surface area contributed by atoms with Gasteiger partial charge in [0.15, 0.2) is 0 Å². The van der Waals surface area contributed by atoms with Crippen LogP contribution < -0.4 is 10.6 Å². The van der Waals surface area contributed by atoms with Crippen molar-refractivity contribution in [2.75, 3.05) is 11.9 Å². The number of aliphatic hydroxyl groups excluding tert-OH is 1. The van der Waals surface area contributed by atoms with Gasteiger partial charge in [-0.2, -0.15) is 5.10 Å². The maximum absolute atomic E-state index is 11.9. The highest BCUT2D eigenvalue weighted by Crippen LogP contribution is 2.17. The van der Waals surface area contributed by atoms with Gasteiger partial charge in [0.2, 0.25) is 5.91 Å². The molecule has 18 heavy (non-hydrogen) atoms. The zero-order valence-electron chi connectivity index (χ0n) is 9.68. The highest BCUT2D eigenvalue weighted by Gasteiger charge is 2.27. The van der Waals surface area contributed by atoms with Gasteiger partial charge in [0.1, 0.15) is 0 Å². The summed E-state index contributed by atoms with van der Waals surface area (Å²) in [6.07, 6.45) is 1.75. The summed E-state index contributed by atoms with van der Waals surface area (Å²) in [7, 11) is 0. The Balaban J connectivity index is 1.73. The lowest BCUT2D eigenvalue weighted by atomic mass is 10.2. The van der Waals surface area contributed by atoms with Crippen LogP contribution in [-0.2, 0) is 4.79 Å². The van der Waals surface area contributed by atoms with Crippen LogP contribution in [-0.4, -0.2) is 39.9 Å². The molecule has 1 fully saturated rings. The Bertz CT molecular complexity index is 580. The van der Waals surface area contributed by atoms with Crippen LogP contribution in [0.1, 0.15) is 6.42 Å². The van der Waals surface area contributed by atoms with Crippen LogP contribution in [0.3, 0.4) is 0 Å². The quantitative estimate of drug-likeness (QED) is 0.610. The normalized spacial score (nSPS) is 23.4. The molecule has 94 valence electrons. The minimum absolute atomic E-state index is 0.120. The van der Waals surface area contributed by atoms with Crippen LogP contribution in [0.4, 0.5) is 5.69 Å². The second kappa shape index (κ2) is 4.40. The number of anilines is 1. The van der Waals surface area contributed by atoms with Crippen molar-refractivity contribution in [2.45, 2.75) is 18.6 Å². The molecule has 0 aliphatic carbocycles. The van der Waals surface area contributed by atoms with E-state index in [1.807, 2.05) is 18.2 Å². The van der Waals surface area contributed by atoms with E-state index >= 15 is 0 Å². The van der Waals surface area contributed by atoms with Gasteiger partial charge in [-0.1, -0.05) is 0 Å². The van der Waals surface area contributed by atoms with Crippen molar-refractivity contribution in [3.05, 3.63) is 24.4 Å². The standard InChI is InChI=1S/C12H14N4O2/c17-9-4-11(13-6-9)12(18)15-8-2-1-7-5-14-16-10(7)3-8/h1-3,5,9,11,13,17H,4,6H2,(H,14,16)(H,15,18). The van der Waals surface area contributed by atoms with Gasteiger partial charge in [-0.3, -0.25) is 9.89 Å². The van der Waals surface area contributed by atoms with Gasteiger partial charge in [0.25, 0.3) is 0 Å². The largest absolute Gasteiger partial charge is 0.392 e. The number of hydrogen-bond acceptors (Lipinski definition) is 4. The highest BCUT2D eigenvalue weighted by atomic mass is 16.3. The van der Waals surface area contributed by atoms with Crippen molar-refractivity contribution in [1.82, 2.24) is 15.5 Å². The summed E-state index contributed by atoms with van der Waals surface area (Å²) in [6, 6.07) is 5.25. The van der Waals surface area contributed by atoms with E-state index in [-0.39, 0.29) is 11.9 Å². The van der Waals surface area contributed by atoms with Crippen molar-refractivity contribution >= 4 is 22.5 Å². The number of rotatable bonds is 2. The van der Waals surface area contributed by atoms with Crippen LogP contribution >= 0.6 is 0 Å². The van der Waals surface area contributed by atoms with Gasteiger partial charge >= 0.3 is 0 Å². The summed E-state index contributed by atoms with van der Waals surface area (Å²) in [5, 5.41) is 23.0. The second-order valence-corrected chi connectivity index (χ2v) is 4.51. The number of carbonyl (C=O) groups is 1. The molecular weight excluding hydrogens is 232 g/mol. The fourth-order valence-corrected chi connectivity index (χ4v) is 2.16. The molecule has 1 amide bonds. The molecule has 2 unspecified atom stereocenters. The topological polar surface area (TPSA) is 90.0 Å². The first-order valence-corrected chi connectivity index (χ1v) is 5.88. The molecule has 1 aromatic carbocycles. The number of hydrogen-bond donors (Lipinski definition) is 4. The molecule has 3 rings (SSSR count). The van der Waals surface area contributed by atoms with Gasteiger partial charge in [-0.05, 0) is 24.6 Å². The van der Waals surface area contributed by atoms with E-state index in [1.165, 1.54) is 0 Å². The Labute approximate surface area is 103 Å². The predicted octanol–water partition coefficient (Wildman–Crippen LogP) is 0.224. The molecule has 1 saturated heterocycles. The molecule has 2 aromatic rings. The van der Waals surface area contributed by atoms with E-state index in [4.69, 9.17) is 0 Å². The molecule has 4 N–H and O–H groups in total.